The van der Waals surface area contributed by atoms with E-state index < -0.39 is 0 Å². The Morgan fingerprint density at radius 2 is 2.11 bits per heavy atom. The molecule has 27 heavy (non-hydrogen) atoms. The fraction of sp³-hybridized carbons (Fsp3) is 0.526. The van der Waals surface area contributed by atoms with E-state index in [1.165, 1.54) is 25.7 Å². The minimum Gasteiger partial charge on any atom is -0.495 e. The molecule has 2 fully saturated rings. The van der Waals surface area contributed by atoms with Crippen molar-refractivity contribution in [3.05, 3.63) is 30.1 Å². The fourth-order valence-electron chi connectivity index (χ4n) is 4.22. The van der Waals surface area contributed by atoms with Crippen LogP contribution in [0.25, 0.3) is 0 Å². The van der Waals surface area contributed by atoms with Crippen LogP contribution >= 0.6 is 0 Å². The average molecular weight is 369 g/mol. The smallest absolute Gasteiger partial charge is 0.232 e. The Bertz CT molecular complexity index is 791. The zero-order valence-corrected chi connectivity index (χ0v) is 15.7. The van der Waals surface area contributed by atoms with Gasteiger partial charge in [-0.15, -0.1) is 0 Å². The van der Waals surface area contributed by atoms with Crippen molar-refractivity contribution in [3.8, 4) is 5.75 Å². The number of likely N-dealkylation sites (tertiary alicyclic amines) is 1. The van der Waals surface area contributed by atoms with E-state index in [4.69, 9.17) is 10.5 Å². The molecular formula is C19H27N7O. The predicted octanol–water partition coefficient (Wildman–Crippen LogP) is 1.92. The molecule has 8 heteroatoms. The number of nitrogen functional groups attached to an aromatic ring is 1. The SMILES string of the molecule is COc1ccccc1Nc1nc(N)nc(CN2CCCCC23CCNC3)n1. The fourth-order valence-corrected chi connectivity index (χ4v) is 4.22. The number of nitrogens with zero attached hydrogens (tertiary/aromatic N) is 4. The molecule has 4 rings (SSSR count). The van der Waals surface area contributed by atoms with Crippen molar-refractivity contribution in [2.75, 3.05) is 37.8 Å². The molecule has 2 aliphatic rings. The highest BCUT2D eigenvalue weighted by Gasteiger charge is 2.41. The van der Waals surface area contributed by atoms with Crippen molar-refractivity contribution >= 4 is 17.6 Å². The van der Waals surface area contributed by atoms with Crippen LogP contribution in [0.5, 0.6) is 5.75 Å². The molecule has 1 aromatic heterocycles. The molecule has 0 saturated carbocycles. The Labute approximate surface area is 159 Å². The zero-order chi connectivity index (χ0) is 18.7. The van der Waals surface area contributed by atoms with Gasteiger partial charge in [-0.05, 0) is 44.5 Å². The van der Waals surface area contributed by atoms with Gasteiger partial charge in [0.15, 0.2) is 0 Å². The van der Waals surface area contributed by atoms with E-state index in [9.17, 15) is 0 Å². The minimum absolute atomic E-state index is 0.230. The third kappa shape index (κ3) is 3.81. The van der Waals surface area contributed by atoms with Gasteiger partial charge in [-0.25, -0.2) is 0 Å². The number of hydrogen-bond acceptors (Lipinski definition) is 8. The highest BCUT2D eigenvalue weighted by Crippen LogP contribution is 2.34. The number of anilines is 3. The van der Waals surface area contributed by atoms with Gasteiger partial charge in [0.05, 0.1) is 19.3 Å². The maximum absolute atomic E-state index is 5.97. The molecule has 144 valence electrons. The Morgan fingerprint density at radius 1 is 1.22 bits per heavy atom. The normalized spacial score (nSPS) is 22.9. The molecule has 0 radical (unpaired) electrons. The lowest BCUT2D eigenvalue weighted by atomic mass is 9.86. The van der Waals surface area contributed by atoms with Crippen molar-refractivity contribution in [1.29, 1.82) is 0 Å². The number of benzene rings is 1. The van der Waals surface area contributed by atoms with Crippen LogP contribution in [0.1, 0.15) is 31.5 Å². The molecule has 4 N–H and O–H groups in total. The maximum atomic E-state index is 5.97. The van der Waals surface area contributed by atoms with E-state index in [0.29, 0.717) is 18.3 Å². The summed E-state index contributed by atoms with van der Waals surface area (Å²) in [5.41, 5.74) is 7.00. The lowest BCUT2D eigenvalue weighted by Crippen LogP contribution is -2.52. The maximum Gasteiger partial charge on any atom is 0.232 e. The third-order valence-electron chi connectivity index (χ3n) is 5.60. The van der Waals surface area contributed by atoms with Gasteiger partial charge in [-0.2, -0.15) is 15.0 Å². The Hall–Kier alpha value is -2.45. The molecule has 0 amide bonds. The highest BCUT2D eigenvalue weighted by atomic mass is 16.5. The summed E-state index contributed by atoms with van der Waals surface area (Å²) in [5.74, 6) is 2.10. The van der Waals surface area contributed by atoms with Crippen molar-refractivity contribution < 1.29 is 4.74 Å². The summed E-state index contributed by atoms with van der Waals surface area (Å²) in [4.78, 5) is 15.8. The number of aromatic nitrogens is 3. The monoisotopic (exact) mass is 369 g/mol. The standard InChI is InChI=1S/C19H27N7O/c1-27-15-7-3-2-6-14(15)22-18-24-16(23-17(20)25-18)12-26-11-5-4-8-19(26)9-10-21-13-19/h2-3,6-7,21H,4-5,8-13H2,1H3,(H3,20,22,23,24,25). The van der Waals surface area contributed by atoms with Crippen LogP contribution in [-0.2, 0) is 6.54 Å². The molecule has 1 unspecified atom stereocenters. The van der Waals surface area contributed by atoms with Gasteiger partial charge in [0.1, 0.15) is 11.6 Å². The molecule has 1 aromatic carbocycles. The molecule has 8 nitrogen and oxygen atoms in total. The summed E-state index contributed by atoms with van der Waals surface area (Å²) in [6.07, 6.45) is 4.92. The van der Waals surface area contributed by atoms with Crippen LogP contribution < -0.4 is 21.1 Å². The first-order valence-corrected chi connectivity index (χ1v) is 9.55. The summed E-state index contributed by atoms with van der Waals surface area (Å²) in [6, 6.07) is 7.66. The summed E-state index contributed by atoms with van der Waals surface area (Å²) >= 11 is 0. The van der Waals surface area contributed by atoms with Crippen molar-refractivity contribution in [2.45, 2.75) is 37.8 Å². The molecule has 1 spiro atoms. The Morgan fingerprint density at radius 3 is 2.93 bits per heavy atom. The number of nitrogens with one attached hydrogen (secondary N) is 2. The van der Waals surface area contributed by atoms with Gasteiger partial charge < -0.3 is 21.1 Å². The molecule has 2 aromatic rings. The Kier molecular flexibility index (Phi) is 5.09. The number of ether oxygens (including phenoxy) is 1. The number of hydrogen-bond donors (Lipinski definition) is 3. The molecule has 2 aliphatic heterocycles. The van der Waals surface area contributed by atoms with Crippen molar-refractivity contribution in [1.82, 2.24) is 25.2 Å². The first-order valence-electron chi connectivity index (χ1n) is 9.55. The topological polar surface area (TPSA) is 101 Å². The number of para-hydroxylation sites is 2. The molecule has 0 aliphatic carbocycles. The van der Waals surface area contributed by atoms with E-state index in [1.807, 2.05) is 24.3 Å². The highest BCUT2D eigenvalue weighted by molar-refractivity contribution is 5.62. The van der Waals surface area contributed by atoms with Gasteiger partial charge in [-0.3, -0.25) is 4.90 Å². The van der Waals surface area contributed by atoms with Crippen LogP contribution in [0.4, 0.5) is 17.6 Å². The first kappa shape index (κ1) is 17.9. The van der Waals surface area contributed by atoms with Crippen LogP contribution in [0.2, 0.25) is 0 Å². The van der Waals surface area contributed by atoms with Crippen LogP contribution in [0.3, 0.4) is 0 Å². The second-order valence-electron chi connectivity index (χ2n) is 7.29. The summed E-state index contributed by atoms with van der Waals surface area (Å²) in [5, 5.41) is 6.73. The van der Waals surface area contributed by atoms with Crippen molar-refractivity contribution in [2.24, 2.45) is 0 Å². The first-order chi connectivity index (χ1) is 13.2. The summed E-state index contributed by atoms with van der Waals surface area (Å²) in [6.45, 7) is 3.88. The van der Waals surface area contributed by atoms with Crippen LogP contribution in [0, 0.1) is 0 Å². The van der Waals surface area contributed by atoms with E-state index in [1.54, 1.807) is 7.11 Å². The predicted molar refractivity (Wildman–Crippen MR) is 105 cm³/mol. The Balaban J connectivity index is 1.55. The largest absolute Gasteiger partial charge is 0.495 e. The van der Waals surface area contributed by atoms with Crippen LogP contribution in [0.15, 0.2) is 24.3 Å². The van der Waals surface area contributed by atoms with Gasteiger partial charge in [0, 0.05) is 12.1 Å². The lowest BCUT2D eigenvalue weighted by molar-refractivity contribution is 0.0522. The molecule has 2 saturated heterocycles. The molecular weight excluding hydrogens is 342 g/mol. The molecule has 0 bridgehead atoms. The lowest BCUT2D eigenvalue weighted by Gasteiger charge is -2.44. The zero-order valence-electron chi connectivity index (χ0n) is 15.7. The number of methoxy groups -OCH3 is 1. The summed E-state index contributed by atoms with van der Waals surface area (Å²) in [7, 11) is 1.64. The number of rotatable bonds is 5. The second-order valence-corrected chi connectivity index (χ2v) is 7.29. The van der Waals surface area contributed by atoms with E-state index in [-0.39, 0.29) is 11.5 Å². The second kappa shape index (κ2) is 7.66. The van der Waals surface area contributed by atoms with E-state index in [0.717, 1.165) is 31.1 Å². The number of nitrogens with two attached hydrogens (primary N) is 1. The van der Waals surface area contributed by atoms with Gasteiger partial charge in [0.25, 0.3) is 0 Å². The van der Waals surface area contributed by atoms with Gasteiger partial charge in [-0.1, -0.05) is 18.6 Å². The van der Waals surface area contributed by atoms with E-state index >= 15 is 0 Å². The minimum atomic E-state index is 0.230. The quantitative estimate of drug-likeness (QED) is 0.735. The van der Waals surface area contributed by atoms with E-state index in [2.05, 4.69) is 30.5 Å². The van der Waals surface area contributed by atoms with Gasteiger partial charge >= 0.3 is 0 Å². The third-order valence-corrected chi connectivity index (χ3v) is 5.60. The molecule has 3 heterocycles. The van der Waals surface area contributed by atoms with Crippen molar-refractivity contribution in [3.63, 3.8) is 0 Å². The summed E-state index contributed by atoms with van der Waals surface area (Å²) < 4.78 is 5.38. The molecule has 1 atom stereocenters. The number of piperidine rings is 1. The van der Waals surface area contributed by atoms with Crippen LogP contribution in [-0.4, -0.2) is 52.1 Å². The average Bonchev–Trinajstić information content (AvgIpc) is 3.13. The van der Waals surface area contributed by atoms with Gasteiger partial charge in [0.2, 0.25) is 11.9 Å².